The van der Waals surface area contributed by atoms with Crippen LogP contribution in [-0.2, 0) is 19.0 Å². The lowest BCUT2D eigenvalue weighted by molar-refractivity contribution is -0.159. The Hall–Kier alpha value is -1.26. The van der Waals surface area contributed by atoms with Crippen molar-refractivity contribution in [2.45, 2.75) is 52.7 Å². The van der Waals surface area contributed by atoms with E-state index in [0.29, 0.717) is 0 Å². The predicted octanol–water partition coefficient (Wildman–Crippen LogP) is 2.28. The predicted molar refractivity (Wildman–Crippen MR) is 58.0 cm³/mol. The van der Waals surface area contributed by atoms with Crippen LogP contribution >= 0.6 is 0 Å². The summed E-state index contributed by atoms with van der Waals surface area (Å²) in [6.45, 7) is 9.90. The topological polar surface area (TPSA) is 61.8 Å². The molecule has 0 amide bonds. The molecule has 0 aliphatic heterocycles. The van der Waals surface area contributed by atoms with Crippen molar-refractivity contribution in [2.75, 3.05) is 6.61 Å². The molecule has 5 nitrogen and oxygen atoms in total. The van der Waals surface area contributed by atoms with Crippen molar-refractivity contribution in [3.8, 4) is 0 Å². The molecular formula is C11H20O5. The van der Waals surface area contributed by atoms with E-state index in [1.165, 1.54) is 0 Å². The number of hydrogen-bond acceptors (Lipinski definition) is 5. The van der Waals surface area contributed by atoms with Gasteiger partial charge < -0.3 is 14.2 Å². The Morgan fingerprint density at radius 1 is 0.875 bits per heavy atom. The zero-order chi connectivity index (χ0) is 13.0. The number of rotatable bonds is 2. The van der Waals surface area contributed by atoms with Gasteiger partial charge in [0.05, 0.1) is 0 Å². The molecule has 0 unspecified atom stereocenters. The van der Waals surface area contributed by atoms with Gasteiger partial charge in [0.1, 0.15) is 11.2 Å². The highest BCUT2D eigenvalue weighted by atomic mass is 16.7. The monoisotopic (exact) mass is 232 g/mol. The zero-order valence-electron chi connectivity index (χ0n) is 10.7. The zero-order valence-corrected chi connectivity index (χ0v) is 10.7. The van der Waals surface area contributed by atoms with Gasteiger partial charge in [-0.25, -0.2) is 9.59 Å². The second kappa shape index (κ2) is 5.18. The molecule has 0 aromatic carbocycles. The summed E-state index contributed by atoms with van der Waals surface area (Å²) in [6.07, 6.45) is -0.877. The van der Waals surface area contributed by atoms with Crippen molar-refractivity contribution in [3.63, 3.8) is 0 Å². The highest BCUT2D eigenvalue weighted by molar-refractivity contribution is 5.74. The van der Waals surface area contributed by atoms with Crippen LogP contribution in [0, 0.1) is 0 Å². The third-order valence-electron chi connectivity index (χ3n) is 1.12. The summed E-state index contributed by atoms with van der Waals surface area (Å²) in [7, 11) is 0. The third-order valence-corrected chi connectivity index (χ3v) is 1.12. The summed E-state index contributed by atoms with van der Waals surface area (Å²) < 4.78 is 14.4. The number of carbonyl (C=O) groups excluding carboxylic acids is 2. The van der Waals surface area contributed by atoms with Crippen LogP contribution in [0.25, 0.3) is 0 Å². The minimum absolute atomic E-state index is 0.438. The van der Waals surface area contributed by atoms with E-state index in [4.69, 9.17) is 9.47 Å². The van der Waals surface area contributed by atoms with Crippen LogP contribution in [-0.4, -0.2) is 29.9 Å². The lowest BCUT2D eigenvalue weighted by Crippen LogP contribution is -2.29. The molecule has 16 heavy (non-hydrogen) atoms. The fourth-order valence-electron chi connectivity index (χ4n) is 0.768. The van der Waals surface area contributed by atoms with Gasteiger partial charge in [0.2, 0.25) is 0 Å². The van der Waals surface area contributed by atoms with E-state index in [-0.39, 0.29) is 0 Å². The van der Waals surface area contributed by atoms with Crippen molar-refractivity contribution in [3.05, 3.63) is 0 Å². The van der Waals surface area contributed by atoms with E-state index < -0.39 is 29.9 Å². The first-order valence-electron chi connectivity index (χ1n) is 5.07. The number of esters is 1. The molecule has 0 atom stereocenters. The van der Waals surface area contributed by atoms with Gasteiger partial charge in [-0.05, 0) is 41.5 Å². The standard InChI is InChI=1S/C11H20O5/c1-10(2,3)15-8(12)7-14-9(13)16-11(4,5)6/h7H2,1-6H3. The quantitative estimate of drug-likeness (QED) is 0.683. The van der Waals surface area contributed by atoms with Crippen LogP contribution in [0.2, 0.25) is 0 Å². The van der Waals surface area contributed by atoms with Crippen LogP contribution < -0.4 is 0 Å². The third kappa shape index (κ3) is 9.30. The Bertz CT molecular complexity index is 229. The van der Waals surface area contributed by atoms with E-state index in [9.17, 15) is 9.59 Å². The number of carbonyl (C=O) groups is 2. The average Bonchev–Trinajstić information content (AvgIpc) is 1.94. The van der Waals surface area contributed by atoms with E-state index in [1.54, 1.807) is 41.5 Å². The van der Waals surface area contributed by atoms with Crippen LogP contribution in [0.1, 0.15) is 41.5 Å². The first-order chi connectivity index (χ1) is 6.99. The largest absolute Gasteiger partial charge is 0.509 e. The molecular weight excluding hydrogens is 212 g/mol. The second-order valence-electron chi connectivity index (χ2n) is 5.34. The minimum atomic E-state index is -0.877. The van der Waals surface area contributed by atoms with Crippen molar-refractivity contribution in [1.82, 2.24) is 0 Å². The molecule has 0 bridgehead atoms. The average molecular weight is 232 g/mol. The molecule has 0 aromatic rings. The molecule has 0 saturated carbocycles. The number of ether oxygens (including phenoxy) is 3. The van der Waals surface area contributed by atoms with Gasteiger partial charge in [0, 0.05) is 0 Å². The molecule has 0 radical (unpaired) electrons. The Labute approximate surface area is 96.1 Å². The lowest BCUT2D eigenvalue weighted by Gasteiger charge is -2.21. The van der Waals surface area contributed by atoms with Gasteiger partial charge in [-0.15, -0.1) is 0 Å². The summed E-state index contributed by atoms with van der Waals surface area (Å²) in [5, 5.41) is 0. The second-order valence-corrected chi connectivity index (χ2v) is 5.34. The van der Waals surface area contributed by atoms with E-state index in [2.05, 4.69) is 4.74 Å². The van der Waals surface area contributed by atoms with Gasteiger partial charge in [-0.2, -0.15) is 0 Å². The Morgan fingerprint density at radius 2 is 1.31 bits per heavy atom. The minimum Gasteiger partial charge on any atom is -0.457 e. The van der Waals surface area contributed by atoms with Gasteiger partial charge in [-0.1, -0.05) is 0 Å². The normalized spacial score (nSPS) is 11.9. The Kier molecular flexibility index (Phi) is 4.78. The molecule has 0 N–H and O–H groups in total. The molecule has 0 spiro atoms. The van der Waals surface area contributed by atoms with Crippen molar-refractivity contribution >= 4 is 12.1 Å². The molecule has 0 fully saturated rings. The van der Waals surface area contributed by atoms with Gasteiger partial charge in [0.15, 0.2) is 6.61 Å². The Balaban J connectivity index is 3.90. The molecule has 0 rings (SSSR count). The molecule has 0 aliphatic rings. The molecule has 0 heterocycles. The van der Waals surface area contributed by atoms with Crippen LogP contribution in [0.3, 0.4) is 0 Å². The molecule has 0 saturated heterocycles. The summed E-state index contributed by atoms with van der Waals surface area (Å²) >= 11 is 0. The summed E-state index contributed by atoms with van der Waals surface area (Å²) in [6, 6.07) is 0. The lowest BCUT2D eigenvalue weighted by atomic mass is 10.2. The van der Waals surface area contributed by atoms with Crippen LogP contribution in [0.15, 0.2) is 0 Å². The highest BCUT2D eigenvalue weighted by Crippen LogP contribution is 2.09. The SMILES string of the molecule is CC(C)(C)OC(=O)COC(=O)OC(C)(C)C. The Morgan fingerprint density at radius 3 is 1.69 bits per heavy atom. The van der Waals surface area contributed by atoms with Gasteiger partial charge in [0.25, 0.3) is 0 Å². The van der Waals surface area contributed by atoms with Crippen LogP contribution in [0.4, 0.5) is 4.79 Å². The maximum Gasteiger partial charge on any atom is 0.509 e. The molecule has 0 aliphatic carbocycles. The van der Waals surface area contributed by atoms with Gasteiger partial charge in [-0.3, -0.25) is 0 Å². The van der Waals surface area contributed by atoms with E-state index in [0.717, 1.165) is 0 Å². The summed E-state index contributed by atoms with van der Waals surface area (Å²) in [5.74, 6) is -0.599. The summed E-state index contributed by atoms with van der Waals surface area (Å²) in [5.41, 5.74) is -1.22. The van der Waals surface area contributed by atoms with Crippen molar-refractivity contribution < 1.29 is 23.8 Å². The fraction of sp³-hybridized carbons (Fsp3) is 0.818. The maximum absolute atomic E-state index is 11.2. The molecule has 0 aromatic heterocycles. The van der Waals surface area contributed by atoms with Crippen LogP contribution in [0.5, 0.6) is 0 Å². The smallest absolute Gasteiger partial charge is 0.457 e. The molecule has 94 valence electrons. The van der Waals surface area contributed by atoms with Crippen molar-refractivity contribution in [1.29, 1.82) is 0 Å². The maximum atomic E-state index is 11.2. The molecule has 5 heteroatoms. The first kappa shape index (κ1) is 14.7. The highest BCUT2D eigenvalue weighted by Gasteiger charge is 2.21. The van der Waals surface area contributed by atoms with E-state index >= 15 is 0 Å². The number of hydrogen-bond donors (Lipinski definition) is 0. The van der Waals surface area contributed by atoms with E-state index in [1.807, 2.05) is 0 Å². The van der Waals surface area contributed by atoms with Crippen molar-refractivity contribution in [2.24, 2.45) is 0 Å². The fourth-order valence-corrected chi connectivity index (χ4v) is 0.768. The summed E-state index contributed by atoms with van der Waals surface area (Å²) in [4.78, 5) is 22.3. The first-order valence-corrected chi connectivity index (χ1v) is 5.07. The van der Waals surface area contributed by atoms with Gasteiger partial charge >= 0.3 is 12.1 Å².